The Bertz CT molecular complexity index is 321. The number of aromatic nitrogens is 2. The fourth-order valence-corrected chi connectivity index (χ4v) is 0.694. The Hall–Kier alpha value is -1.71. The average Bonchev–Trinajstić information content (AvgIpc) is 2.01. The van der Waals surface area contributed by atoms with Crippen LogP contribution in [0.4, 0.5) is 0 Å². The highest BCUT2D eigenvalue weighted by atomic mass is 16.4. The molecule has 0 amide bonds. The van der Waals surface area contributed by atoms with Gasteiger partial charge in [0.1, 0.15) is 0 Å². The van der Waals surface area contributed by atoms with Crippen LogP contribution in [0, 0.1) is 6.92 Å². The van der Waals surface area contributed by atoms with E-state index in [1.165, 1.54) is 6.08 Å². The van der Waals surface area contributed by atoms with Gasteiger partial charge in [-0.25, -0.2) is 14.8 Å². The lowest BCUT2D eigenvalue weighted by Crippen LogP contribution is -1.91. The summed E-state index contributed by atoms with van der Waals surface area (Å²) in [6, 6.07) is 1.75. The maximum absolute atomic E-state index is 10.1. The Morgan fingerprint density at radius 3 is 3.00 bits per heavy atom. The summed E-state index contributed by atoms with van der Waals surface area (Å²) in [5.41, 5.74) is 0.815. The number of hydrogen-bond acceptors (Lipinski definition) is 3. The SMILES string of the molecule is Cc1ccnc(/C=C/C(=O)O)n1. The van der Waals surface area contributed by atoms with Crippen LogP contribution in [0.1, 0.15) is 11.5 Å². The summed E-state index contributed by atoms with van der Waals surface area (Å²) in [7, 11) is 0. The van der Waals surface area contributed by atoms with Crippen LogP contribution < -0.4 is 0 Å². The van der Waals surface area contributed by atoms with Gasteiger partial charge in [0.15, 0.2) is 5.82 Å². The largest absolute Gasteiger partial charge is 0.478 e. The van der Waals surface area contributed by atoms with Crippen molar-refractivity contribution < 1.29 is 9.90 Å². The summed E-state index contributed by atoms with van der Waals surface area (Å²) in [6.07, 6.45) is 3.95. The lowest BCUT2D eigenvalue weighted by Gasteiger charge is -1.91. The maximum atomic E-state index is 10.1. The topological polar surface area (TPSA) is 63.1 Å². The van der Waals surface area contributed by atoms with E-state index in [9.17, 15) is 4.79 Å². The molecule has 4 heteroatoms. The highest BCUT2D eigenvalue weighted by molar-refractivity contribution is 5.84. The van der Waals surface area contributed by atoms with Crippen molar-refractivity contribution in [3.8, 4) is 0 Å². The predicted octanol–water partition coefficient (Wildman–Crippen LogP) is 0.883. The van der Waals surface area contributed by atoms with E-state index < -0.39 is 5.97 Å². The quantitative estimate of drug-likeness (QED) is 0.659. The molecule has 0 saturated carbocycles. The summed E-state index contributed by atoms with van der Waals surface area (Å²) in [4.78, 5) is 17.9. The van der Waals surface area contributed by atoms with Crippen LogP contribution >= 0.6 is 0 Å². The number of carboxylic acid groups (broad SMARTS) is 1. The summed E-state index contributed by atoms with van der Waals surface area (Å²) in [5.74, 6) is -0.586. The van der Waals surface area contributed by atoms with E-state index in [2.05, 4.69) is 9.97 Å². The summed E-state index contributed by atoms with van der Waals surface area (Å²) in [6.45, 7) is 1.82. The van der Waals surface area contributed by atoms with Crippen molar-refractivity contribution in [3.05, 3.63) is 29.9 Å². The summed E-state index contributed by atoms with van der Waals surface area (Å²) < 4.78 is 0. The molecular formula is C8H8N2O2. The lowest BCUT2D eigenvalue weighted by molar-refractivity contribution is -0.131. The third-order valence-electron chi connectivity index (χ3n) is 1.19. The van der Waals surface area contributed by atoms with E-state index in [1.54, 1.807) is 12.3 Å². The Kier molecular flexibility index (Phi) is 2.53. The van der Waals surface area contributed by atoms with Crippen molar-refractivity contribution in [3.63, 3.8) is 0 Å². The molecule has 0 saturated heterocycles. The van der Waals surface area contributed by atoms with Gasteiger partial charge in [-0.1, -0.05) is 0 Å². The molecule has 0 aromatic carbocycles. The number of aliphatic carboxylic acids is 1. The molecule has 0 aliphatic rings. The van der Waals surface area contributed by atoms with E-state index >= 15 is 0 Å². The molecule has 1 N–H and O–H groups in total. The number of aryl methyl sites for hydroxylation is 1. The Labute approximate surface area is 69.6 Å². The minimum absolute atomic E-state index is 0.414. The third kappa shape index (κ3) is 2.49. The molecule has 12 heavy (non-hydrogen) atoms. The van der Waals surface area contributed by atoms with Gasteiger partial charge in [-0.15, -0.1) is 0 Å². The van der Waals surface area contributed by atoms with Gasteiger partial charge in [0.25, 0.3) is 0 Å². The number of hydrogen-bond donors (Lipinski definition) is 1. The van der Waals surface area contributed by atoms with Crippen LogP contribution in [0.25, 0.3) is 6.08 Å². The van der Waals surface area contributed by atoms with E-state index in [-0.39, 0.29) is 0 Å². The maximum Gasteiger partial charge on any atom is 0.328 e. The van der Waals surface area contributed by atoms with Gasteiger partial charge < -0.3 is 5.11 Å². The van der Waals surface area contributed by atoms with E-state index in [4.69, 9.17) is 5.11 Å². The molecule has 1 aromatic rings. The number of carboxylic acids is 1. The summed E-state index contributed by atoms with van der Waals surface area (Å²) >= 11 is 0. The standard InChI is InChI=1S/C8H8N2O2/c1-6-4-5-9-7(10-6)2-3-8(11)12/h2-5H,1H3,(H,11,12)/b3-2+. The summed E-state index contributed by atoms with van der Waals surface area (Å²) in [5, 5.41) is 8.30. The molecule has 0 bridgehead atoms. The fraction of sp³-hybridized carbons (Fsp3) is 0.125. The van der Waals surface area contributed by atoms with Crippen molar-refractivity contribution >= 4 is 12.0 Å². The average molecular weight is 164 g/mol. The molecule has 0 aliphatic heterocycles. The van der Waals surface area contributed by atoms with Gasteiger partial charge in [-0.3, -0.25) is 0 Å². The second-order valence-electron chi connectivity index (χ2n) is 2.23. The van der Waals surface area contributed by atoms with E-state index in [1.807, 2.05) is 6.92 Å². The fourth-order valence-electron chi connectivity index (χ4n) is 0.694. The molecule has 62 valence electrons. The first-order valence-electron chi connectivity index (χ1n) is 3.39. The van der Waals surface area contributed by atoms with Gasteiger partial charge in [-0.05, 0) is 19.1 Å². The zero-order valence-corrected chi connectivity index (χ0v) is 6.56. The smallest absolute Gasteiger partial charge is 0.328 e. The normalized spacial score (nSPS) is 10.4. The number of carbonyl (C=O) groups is 1. The van der Waals surface area contributed by atoms with Crippen molar-refractivity contribution in [1.29, 1.82) is 0 Å². The van der Waals surface area contributed by atoms with Gasteiger partial charge in [0, 0.05) is 18.0 Å². The Morgan fingerprint density at radius 2 is 2.42 bits per heavy atom. The van der Waals surface area contributed by atoms with Crippen molar-refractivity contribution in [2.75, 3.05) is 0 Å². The number of rotatable bonds is 2. The zero-order valence-electron chi connectivity index (χ0n) is 6.56. The van der Waals surface area contributed by atoms with Gasteiger partial charge in [-0.2, -0.15) is 0 Å². The molecule has 0 aliphatic carbocycles. The monoisotopic (exact) mass is 164 g/mol. The van der Waals surface area contributed by atoms with Crippen LogP contribution in [-0.4, -0.2) is 21.0 Å². The van der Waals surface area contributed by atoms with E-state index in [0.29, 0.717) is 5.82 Å². The molecule has 4 nitrogen and oxygen atoms in total. The molecule has 0 unspecified atom stereocenters. The predicted molar refractivity (Wildman–Crippen MR) is 43.4 cm³/mol. The third-order valence-corrected chi connectivity index (χ3v) is 1.19. The molecular weight excluding hydrogens is 156 g/mol. The van der Waals surface area contributed by atoms with Crippen molar-refractivity contribution in [2.24, 2.45) is 0 Å². The molecule has 0 spiro atoms. The van der Waals surface area contributed by atoms with Crippen LogP contribution in [-0.2, 0) is 4.79 Å². The van der Waals surface area contributed by atoms with Crippen LogP contribution in [0.5, 0.6) is 0 Å². The first-order chi connectivity index (χ1) is 5.68. The highest BCUT2D eigenvalue weighted by Gasteiger charge is 1.91. The minimum Gasteiger partial charge on any atom is -0.478 e. The van der Waals surface area contributed by atoms with Crippen LogP contribution in [0.3, 0.4) is 0 Å². The molecule has 1 rings (SSSR count). The first-order valence-corrected chi connectivity index (χ1v) is 3.39. The molecule has 1 heterocycles. The van der Waals surface area contributed by atoms with E-state index in [0.717, 1.165) is 11.8 Å². The van der Waals surface area contributed by atoms with Crippen LogP contribution in [0.2, 0.25) is 0 Å². The molecule has 1 aromatic heterocycles. The van der Waals surface area contributed by atoms with Gasteiger partial charge in [0.2, 0.25) is 0 Å². The Morgan fingerprint density at radius 1 is 1.67 bits per heavy atom. The highest BCUT2D eigenvalue weighted by Crippen LogP contribution is 1.95. The first kappa shape index (κ1) is 8.39. The van der Waals surface area contributed by atoms with Crippen molar-refractivity contribution in [1.82, 2.24) is 9.97 Å². The molecule has 0 fully saturated rings. The zero-order chi connectivity index (χ0) is 8.97. The lowest BCUT2D eigenvalue weighted by atomic mass is 10.4. The molecule has 0 radical (unpaired) electrons. The number of nitrogens with zero attached hydrogens (tertiary/aromatic N) is 2. The second-order valence-corrected chi connectivity index (χ2v) is 2.23. The van der Waals surface area contributed by atoms with Gasteiger partial charge >= 0.3 is 5.97 Å². The minimum atomic E-state index is -1.000. The van der Waals surface area contributed by atoms with Crippen molar-refractivity contribution in [2.45, 2.75) is 6.92 Å². The Balaban J connectivity index is 2.83. The second kappa shape index (κ2) is 3.61. The molecule has 0 atom stereocenters. The van der Waals surface area contributed by atoms with Gasteiger partial charge in [0.05, 0.1) is 0 Å². The van der Waals surface area contributed by atoms with Crippen LogP contribution in [0.15, 0.2) is 18.3 Å².